The van der Waals surface area contributed by atoms with Crippen molar-refractivity contribution >= 4 is 23.5 Å². The maximum Gasteiger partial charge on any atom is 0.358 e. The van der Waals surface area contributed by atoms with Crippen molar-refractivity contribution in [3.05, 3.63) is 41.7 Å². The molecule has 2 aromatic rings. The lowest BCUT2D eigenvalue weighted by Gasteiger charge is -2.35. The van der Waals surface area contributed by atoms with Gasteiger partial charge in [0.2, 0.25) is 11.8 Å². The number of aryl methyl sites for hydroxylation is 1. The van der Waals surface area contributed by atoms with E-state index in [4.69, 9.17) is 5.11 Å². The molecule has 3 heterocycles. The molecule has 28 heavy (non-hydrogen) atoms. The molecule has 0 unspecified atom stereocenters. The van der Waals surface area contributed by atoms with Gasteiger partial charge in [-0.05, 0) is 30.9 Å². The summed E-state index contributed by atoms with van der Waals surface area (Å²) in [7, 11) is 0. The van der Waals surface area contributed by atoms with Crippen molar-refractivity contribution in [2.24, 2.45) is 0 Å². The number of nitrogens with zero attached hydrogens (tertiary/aromatic N) is 5. The van der Waals surface area contributed by atoms with Crippen LogP contribution >= 0.6 is 0 Å². The second kappa shape index (κ2) is 7.41. The normalized spacial score (nSPS) is 17.5. The second-order valence-corrected chi connectivity index (χ2v) is 7.11. The third-order valence-corrected chi connectivity index (χ3v) is 5.41. The van der Waals surface area contributed by atoms with Crippen LogP contribution in [0.15, 0.2) is 30.5 Å². The summed E-state index contributed by atoms with van der Waals surface area (Å²) < 4.78 is 1.57. The van der Waals surface area contributed by atoms with E-state index in [2.05, 4.69) is 10.3 Å². The lowest BCUT2D eigenvalue weighted by atomic mass is 10.0. The molecule has 1 aromatic heterocycles. The number of carboxylic acids is 1. The van der Waals surface area contributed by atoms with E-state index in [9.17, 15) is 14.4 Å². The number of fused-ring (bicyclic) bond motifs is 1. The van der Waals surface area contributed by atoms with Crippen LogP contribution in [0.5, 0.6) is 0 Å². The van der Waals surface area contributed by atoms with Crippen LogP contribution in [0.3, 0.4) is 0 Å². The number of para-hydroxylation sites is 1. The summed E-state index contributed by atoms with van der Waals surface area (Å²) in [5, 5.41) is 16.5. The number of anilines is 1. The van der Waals surface area contributed by atoms with Gasteiger partial charge in [0, 0.05) is 25.2 Å². The average molecular weight is 383 g/mol. The van der Waals surface area contributed by atoms with Gasteiger partial charge >= 0.3 is 5.97 Å². The number of amides is 2. The van der Waals surface area contributed by atoms with E-state index in [1.54, 1.807) is 14.5 Å². The molecule has 0 radical (unpaired) electrons. The van der Waals surface area contributed by atoms with Crippen molar-refractivity contribution in [3.8, 4) is 0 Å². The van der Waals surface area contributed by atoms with Gasteiger partial charge in [0.1, 0.15) is 6.54 Å². The molecule has 2 aliphatic rings. The van der Waals surface area contributed by atoms with E-state index in [-0.39, 0.29) is 30.1 Å². The molecule has 146 valence electrons. The van der Waals surface area contributed by atoms with Crippen LogP contribution in [0.4, 0.5) is 5.69 Å². The third kappa shape index (κ3) is 3.47. The van der Waals surface area contributed by atoms with Crippen molar-refractivity contribution in [1.29, 1.82) is 0 Å². The highest BCUT2D eigenvalue weighted by molar-refractivity contribution is 6.01. The molecule has 1 saturated heterocycles. The van der Waals surface area contributed by atoms with Crippen LogP contribution in [-0.4, -0.2) is 62.4 Å². The zero-order valence-corrected chi connectivity index (χ0v) is 15.3. The van der Waals surface area contributed by atoms with Crippen LogP contribution in [0.25, 0.3) is 0 Å². The molecule has 2 aliphatic heterocycles. The lowest BCUT2D eigenvalue weighted by Crippen LogP contribution is -2.47. The molecular formula is C19H21N5O4. The highest BCUT2D eigenvalue weighted by atomic mass is 16.4. The van der Waals surface area contributed by atoms with E-state index in [0.717, 1.165) is 11.3 Å². The Kier molecular flexibility index (Phi) is 4.81. The highest BCUT2D eigenvalue weighted by Crippen LogP contribution is 2.28. The number of benzene rings is 1. The Morgan fingerprint density at radius 3 is 2.61 bits per heavy atom. The third-order valence-electron chi connectivity index (χ3n) is 5.41. The van der Waals surface area contributed by atoms with E-state index in [0.29, 0.717) is 38.8 Å². The first kappa shape index (κ1) is 18.1. The van der Waals surface area contributed by atoms with Crippen LogP contribution in [0, 0.1) is 0 Å². The maximum atomic E-state index is 12.8. The highest BCUT2D eigenvalue weighted by Gasteiger charge is 2.30. The van der Waals surface area contributed by atoms with Crippen molar-refractivity contribution in [2.75, 3.05) is 24.5 Å². The summed E-state index contributed by atoms with van der Waals surface area (Å²) in [6.07, 6.45) is 3.89. The van der Waals surface area contributed by atoms with Crippen LogP contribution in [0.2, 0.25) is 0 Å². The standard InChI is InChI=1S/C19H21N5O4/c25-17-6-5-13-3-1-2-4-16(13)23(17)12-18(26)22-9-7-14(8-10-22)24-11-15(19(27)28)20-21-24/h1-4,11,14H,5-10,12H2,(H,27,28). The number of carboxylic acid groups (broad SMARTS) is 1. The molecule has 9 nitrogen and oxygen atoms in total. The molecule has 0 saturated carbocycles. The Morgan fingerprint density at radius 1 is 1.14 bits per heavy atom. The van der Waals surface area contributed by atoms with Crippen LogP contribution < -0.4 is 4.90 Å². The first-order valence-corrected chi connectivity index (χ1v) is 9.34. The smallest absolute Gasteiger partial charge is 0.358 e. The Bertz CT molecular complexity index is 917. The fraction of sp³-hybridized carbons (Fsp3) is 0.421. The molecule has 2 amide bonds. The zero-order valence-electron chi connectivity index (χ0n) is 15.3. The molecule has 4 rings (SSSR count). The fourth-order valence-corrected chi connectivity index (χ4v) is 3.84. The average Bonchev–Trinajstić information content (AvgIpc) is 3.21. The van der Waals surface area contributed by atoms with E-state index >= 15 is 0 Å². The molecule has 1 fully saturated rings. The summed E-state index contributed by atoms with van der Waals surface area (Å²) in [4.78, 5) is 39.4. The van der Waals surface area contributed by atoms with Crippen LogP contribution in [-0.2, 0) is 16.0 Å². The number of aromatic nitrogens is 3. The number of hydrogen-bond acceptors (Lipinski definition) is 5. The Balaban J connectivity index is 1.38. The number of hydrogen-bond donors (Lipinski definition) is 1. The predicted molar refractivity (Wildman–Crippen MR) is 98.9 cm³/mol. The van der Waals surface area contributed by atoms with Crippen molar-refractivity contribution in [3.63, 3.8) is 0 Å². The topological polar surface area (TPSA) is 109 Å². The Morgan fingerprint density at radius 2 is 1.89 bits per heavy atom. The largest absolute Gasteiger partial charge is 0.476 e. The molecular weight excluding hydrogens is 362 g/mol. The van der Waals surface area contributed by atoms with Gasteiger partial charge in [0.15, 0.2) is 5.69 Å². The lowest BCUT2D eigenvalue weighted by molar-refractivity contribution is -0.132. The quantitative estimate of drug-likeness (QED) is 0.847. The van der Waals surface area contributed by atoms with Gasteiger partial charge in [-0.3, -0.25) is 9.59 Å². The number of carbonyl (C=O) groups excluding carboxylic acids is 2. The van der Waals surface area contributed by atoms with E-state index in [1.807, 2.05) is 24.3 Å². The number of carbonyl (C=O) groups is 3. The monoisotopic (exact) mass is 383 g/mol. The minimum absolute atomic E-state index is 0.0157. The van der Waals surface area contributed by atoms with Gasteiger partial charge in [-0.25, -0.2) is 9.48 Å². The Labute approximate surface area is 161 Å². The van der Waals surface area contributed by atoms with Gasteiger partial charge in [-0.2, -0.15) is 0 Å². The number of piperidine rings is 1. The van der Waals surface area contributed by atoms with Crippen molar-refractivity contribution < 1.29 is 19.5 Å². The molecule has 0 bridgehead atoms. The minimum atomic E-state index is -1.11. The summed E-state index contributed by atoms with van der Waals surface area (Å²) in [6.45, 7) is 1.12. The first-order chi connectivity index (χ1) is 13.5. The van der Waals surface area contributed by atoms with Gasteiger partial charge in [0.25, 0.3) is 0 Å². The second-order valence-electron chi connectivity index (χ2n) is 7.11. The van der Waals surface area contributed by atoms with Gasteiger partial charge in [0.05, 0.1) is 12.2 Å². The zero-order chi connectivity index (χ0) is 19.7. The number of aromatic carboxylic acids is 1. The summed E-state index contributed by atoms with van der Waals surface area (Å²) >= 11 is 0. The molecule has 1 aromatic carbocycles. The molecule has 0 aliphatic carbocycles. The molecule has 1 N–H and O–H groups in total. The van der Waals surface area contributed by atoms with Gasteiger partial charge < -0.3 is 14.9 Å². The first-order valence-electron chi connectivity index (χ1n) is 9.34. The number of likely N-dealkylation sites (tertiary alicyclic amines) is 1. The van der Waals surface area contributed by atoms with Crippen LogP contribution in [0.1, 0.15) is 41.4 Å². The Hall–Kier alpha value is -3.23. The SMILES string of the molecule is O=C(O)c1cn(C2CCN(C(=O)CN3C(=O)CCc4ccccc43)CC2)nn1. The van der Waals surface area contributed by atoms with Crippen molar-refractivity contribution in [1.82, 2.24) is 19.9 Å². The number of rotatable bonds is 4. The molecule has 0 atom stereocenters. The predicted octanol–water partition coefficient (Wildman–Crippen LogP) is 1.12. The van der Waals surface area contributed by atoms with Crippen molar-refractivity contribution in [2.45, 2.75) is 31.7 Å². The van der Waals surface area contributed by atoms with Gasteiger partial charge in [-0.15, -0.1) is 5.10 Å². The minimum Gasteiger partial charge on any atom is -0.476 e. The summed E-state index contributed by atoms with van der Waals surface area (Å²) in [6, 6.07) is 7.72. The summed E-state index contributed by atoms with van der Waals surface area (Å²) in [5.41, 5.74) is 1.83. The van der Waals surface area contributed by atoms with Gasteiger partial charge in [-0.1, -0.05) is 23.4 Å². The van der Waals surface area contributed by atoms with E-state index < -0.39 is 5.97 Å². The maximum absolute atomic E-state index is 12.8. The summed E-state index contributed by atoms with van der Waals surface area (Å²) in [5.74, 6) is -1.20. The fourth-order valence-electron chi connectivity index (χ4n) is 3.84. The molecule has 9 heteroatoms. The molecule has 0 spiro atoms. The van der Waals surface area contributed by atoms with E-state index in [1.165, 1.54) is 6.20 Å².